The number of nitrogens with one attached hydrogen (secondary N) is 1. The number of hydrogen-bond acceptors (Lipinski definition) is 2. The van der Waals surface area contributed by atoms with E-state index in [9.17, 15) is 9.59 Å². The summed E-state index contributed by atoms with van der Waals surface area (Å²) in [5.74, 6) is -0.00999. The molecule has 5 heteroatoms. The summed E-state index contributed by atoms with van der Waals surface area (Å²) in [4.78, 5) is 25.0. The molecule has 20 heavy (non-hydrogen) atoms. The van der Waals surface area contributed by atoms with E-state index < -0.39 is 0 Å². The number of carbonyl (C=O) groups is 2. The van der Waals surface area contributed by atoms with Gasteiger partial charge in [-0.15, -0.1) is 0 Å². The predicted molar refractivity (Wildman–Crippen MR) is 83.4 cm³/mol. The zero-order chi connectivity index (χ0) is 15.1. The van der Waals surface area contributed by atoms with Gasteiger partial charge < -0.3 is 10.2 Å². The molecular weight excluding hydrogens is 320 g/mol. The van der Waals surface area contributed by atoms with Crippen LogP contribution in [0.25, 0.3) is 0 Å². The van der Waals surface area contributed by atoms with Crippen LogP contribution in [0.3, 0.4) is 0 Å². The van der Waals surface area contributed by atoms with E-state index in [1.54, 1.807) is 11.8 Å². The number of hydrogen-bond donors (Lipinski definition) is 1. The number of nitrogens with zero attached hydrogens (tertiary/aromatic N) is 1. The highest BCUT2D eigenvalue weighted by molar-refractivity contribution is 9.10. The minimum Gasteiger partial charge on any atom is -0.354 e. The Balaban J connectivity index is 2.41. The lowest BCUT2D eigenvalue weighted by atomic mass is 10.1. The van der Waals surface area contributed by atoms with Gasteiger partial charge in [0.1, 0.15) is 0 Å². The molecule has 0 saturated heterocycles. The van der Waals surface area contributed by atoms with E-state index in [1.165, 1.54) is 0 Å². The molecule has 0 heterocycles. The lowest BCUT2D eigenvalue weighted by Gasteiger charge is -2.25. The second-order valence-corrected chi connectivity index (χ2v) is 5.78. The van der Waals surface area contributed by atoms with Gasteiger partial charge in [-0.3, -0.25) is 9.59 Å². The van der Waals surface area contributed by atoms with Crippen molar-refractivity contribution < 1.29 is 9.59 Å². The average Bonchev–Trinajstić information content (AvgIpc) is 2.36. The maximum atomic E-state index is 11.9. The molecule has 0 aliphatic rings. The smallest absolute Gasteiger partial charge is 0.224 e. The molecule has 0 bridgehead atoms. The summed E-state index contributed by atoms with van der Waals surface area (Å²) < 4.78 is 0.933. The van der Waals surface area contributed by atoms with Gasteiger partial charge in [-0.2, -0.15) is 0 Å². The van der Waals surface area contributed by atoms with Gasteiger partial charge in [-0.05, 0) is 25.5 Å². The highest BCUT2D eigenvalue weighted by atomic mass is 79.9. The first-order valence-electron chi connectivity index (χ1n) is 6.69. The van der Waals surface area contributed by atoms with Crippen molar-refractivity contribution in [3.63, 3.8) is 0 Å². The van der Waals surface area contributed by atoms with Crippen LogP contribution < -0.4 is 5.32 Å². The fourth-order valence-electron chi connectivity index (χ4n) is 1.97. The quantitative estimate of drug-likeness (QED) is 0.864. The minimum atomic E-state index is -0.0378. The Morgan fingerprint density at radius 1 is 1.30 bits per heavy atom. The molecular formula is C15H21BrN2O2. The first-order chi connectivity index (χ1) is 9.41. The Bertz CT molecular complexity index is 475. The Hall–Kier alpha value is -1.36. The van der Waals surface area contributed by atoms with Gasteiger partial charge >= 0.3 is 0 Å². The van der Waals surface area contributed by atoms with Crippen molar-refractivity contribution in [2.75, 3.05) is 13.1 Å². The molecule has 1 N–H and O–H groups in total. The molecule has 4 nitrogen and oxygen atoms in total. The zero-order valence-electron chi connectivity index (χ0n) is 12.1. The first kappa shape index (κ1) is 16.7. The summed E-state index contributed by atoms with van der Waals surface area (Å²) >= 11 is 3.42. The van der Waals surface area contributed by atoms with Gasteiger partial charge in [0.15, 0.2) is 0 Å². The molecule has 0 atom stereocenters. The monoisotopic (exact) mass is 340 g/mol. The van der Waals surface area contributed by atoms with Crippen molar-refractivity contribution in [3.05, 3.63) is 34.3 Å². The Morgan fingerprint density at radius 2 is 1.95 bits per heavy atom. The Morgan fingerprint density at radius 3 is 2.50 bits per heavy atom. The topological polar surface area (TPSA) is 49.4 Å². The molecule has 2 amide bonds. The van der Waals surface area contributed by atoms with Crippen LogP contribution in [0.15, 0.2) is 28.7 Å². The molecule has 0 unspecified atom stereocenters. The summed E-state index contributed by atoms with van der Waals surface area (Å²) in [6.07, 6.45) is 0.336. The van der Waals surface area contributed by atoms with E-state index in [2.05, 4.69) is 21.2 Å². The fourth-order valence-corrected chi connectivity index (χ4v) is 2.40. The zero-order valence-corrected chi connectivity index (χ0v) is 13.7. The Labute approximate surface area is 128 Å². The van der Waals surface area contributed by atoms with Crippen LogP contribution in [0.1, 0.15) is 26.3 Å². The third-order valence-electron chi connectivity index (χ3n) is 3.01. The van der Waals surface area contributed by atoms with Gasteiger partial charge in [-0.25, -0.2) is 0 Å². The van der Waals surface area contributed by atoms with Gasteiger partial charge in [-0.1, -0.05) is 34.1 Å². The maximum absolute atomic E-state index is 11.9. The van der Waals surface area contributed by atoms with Crippen molar-refractivity contribution in [2.24, 2.45) is 0 Å². The molecule has 0 spiro atoms. The summed E-state index contributed by atoms with van der Waals surface area (Å²) in [5.41, 5.74) is 0.956. The highest BCUT2D eigenvalue weighted by Gasteiger charge is 2.12. The van der Waals surface area contributed by atoms with E-state index in [0.29, 0.717) is 19.5 Å². The van der Waals surface area contributed by atoms with Crippen LogP contribution in [-0.4, -0.2) is 35.8 Å². The number of halogens is 1. The third-order valence-corrected chi connectivity index (χ3v) is 3.79. The molecule has 110 valence electrons. The number of carbonyl (C=O) groups excluding carboxylic acids is 2. The van der Waals surface area contributed by atoms with E-state index in [0.717, 1.165) is 10.0 Å². The van der Waals surface area contributed by atoms with Crippen LogP contribution >= 0.6 is 15.9 Å². The summed E-state index contributed by atoms with van der Waals surface area (Å²) in [5, 5.41) is 2.84. The number of rotatable bonds is 6. The molecule has 0 aromatic heterocycles. The largest absolute Gasteiger partial charge is 0.354 e. The van der Waals surface area contributed by atoms with E-state index >= 15 is 0 Å². The van der Waals surface area contributed by atoms with E-state index in [1.807, 2.05) is 38.1 Å². The van der Waals surface area contributed by atoms with Gasteiger partial charge in [0.25, 0.3) is 0 Å². The van der Waals surface area contributed by atoms with Crippen molar-refractivity contribution >= 4 is 27.7 Å². The maximum Gasteiger partial charge on any atom is 0.224 e. The van der Waals surface area contributed by atoms with Crippen molar-refractivity contribution in [3.8, 4) is 0 Å². The predicted octanol–water partition coefficient (Wildman–Crippen LogP) is 2.36. The fraction of sp³-hybridized carbons (Fsp3) is 0.467. The first-order valence-corrected chi connectivity index (χ1v) is 7.48. The Kier molecular flexibility index (Phi) is 6.71. The van der Waals surface area contributed by atoms with Gasteiger partial charge in [0.2, 0.25) is 11.8 Å². The minimum absolute atomic E-state index is 0.0278. The molecule has 0 fully saturated rings. The van der Waals surface area contributed by atoms with E-state index in [4.69, 9.17) is 0 Å². The second-order valence-electron chi connectivity index (χ2n) is 4.92. The van der Waals surface area contributed by atoms with Crippen LogP contribution in [0, 0.1) is 0 Å². The molecule has 1 aromatic rings. The third kappa shape index (κ3) is 5.33. The number of benzene rings is 1. The van der Waals surface area contributed by atoms with Gasteiger partial charge in [0.05, 0.1) is 6.42 Å². The van der Waals surface area contributed by atoms with Crippen LogP contribution in [0.5, 0.6) is 0 Å². The molecule has 0 aliphatic heterocycles. The van der Waals surface area contributed by atoms with Crippen LogP contribution in [0.2, 0.25) is 0 Å². The van der Waals surface area contributed by atoms with Crippen molar-refractivity contribution in [2.45, 2.75) is 33.2 Å². The molecule has 0 aliphatic carbocycles. The number of amides is 2. The van der Waals surface area contributed by atoms with Crippen molar-refractivity contribution in [1.29, 1.82) is 0 Å². The molecule has 1 aromatic carbocycles. The molecule has 0 saturated carbocycles. The summed E-state index contributed by atoms with van der Waals surface area (Å²) in [7, 11) is 0. The van der Waals surface area contributed by atoms with Crippen LogP contribution in [-0.2, 0) is 16.0 Å². The lowest BCUT2D eigenvalue weighted by molar-refractivity contribution is -0.131. The highest BCUT2D eigenvalue weighted by Crippen LogP contribution is 2.16. The second kappa shape index (κ2) is 8.04. The average molecular weight is 341 g/mol. The normalized spacial score (nSPS) is 10.4. The molecule has 1 rings (SSSR count). The van der Waals surface area contributed by atoms with Crippen LogP contribution in [0.4, 0.5) is 0 Å². The summed E-state index contributed by atoms with van der Waals surface area (Å²) in [6, 6.07) is 7.80. The SMILES string of the molecule is CC(=O)N(CCNC(=O)Cc1ccccc1Br)C(C)C. The summed E-state index contributed by atoms with van der Waals surface area (Å²) in [6.45, 7) is 6.48. The standard InChI is InChI=1S/C15H21BrN2O2/c1-11(2)18(12(3)19)9-8-17-15(20)10-13-6-4-5-7-14(13)16/h4-7,11H,8-10H2,1-3H3,(H,17,20). The van der Waals surface area contributed by atoms with E-state index in [-0.39, 0.29) is 17.9 Å². The lowest BCUT2D eigenvalue weighted by Crippen LogP contribution is -2.41. The van der Waals surface area contributed by atoms with Crippen molar-refractivity contribution in [1.82, 2.24) is 10.2 Å². The van der Waals surface area contributed by atoms with Gasteiger partial charge in [0, 0.05) is 30.5 Å². The molecule has 0 radical (unpaired) electrons.